The SMILES string of the molecule is CC(C)N1CCC(CC(=O)N2CCCCC2c2nccs2)CC1. The lowest BCUT2D eigenvalue weighted by molar-refractivity contribution is -0.136. The molecule has 2 fully saturated rings. The molecule has 0 saturated carbocycles. The molecule has 0 aromatic carbocycles. The summed E-state index contributed by atoms with van der Waals surface area (Å²) >= 11 is 1.69. The Labute approximate surface area is 143 Å². The molecule has 2 saturated heterocycles. The third kappa shape index (κ3) is 4.13. The van der Waals surface area contributed by atoms with Crippen LogP contribution in [0.1, 0.15) is 63.4 Å². The number of hydrogen-bond acceptors (Lipinski definition) is 4. The monoisotopic (exact) mass is 335 g/mol. The summed E-state index contributed by atoms with van der Waals surface area (Å²) in [6.07, 6.45) is 8.34. The highest BCUT2D eigenvalue weighted by molar-refractivity contribution is 7.09. The molecule has 1 atom stereocenters. The van der Waals surface area contributed by atoms with Crippen LogP contribution in [0, 0.1) is 5.92 Å². The molecule has 3 heterocycles. The summed E-state index contributed by atoms with van der Waals surface area (Å²) in [7, 11) is 0. The highest BCUT2D eigenvalue weighted by Gasteiger charge is 2.31. The molecule has 23 heavy (non-hydrogen) atoms. The van der Waals surface area contributed by atoms with Gasteiger partial charge in [0.25, 0.3) is 0 Å². The minimum absolute atomic E-state index is 0.229. The van der Waals surface area contributed by atoms with E-state index in [1.807, 2.05) is 11.6 Å². The van der Waals surface area contributed by atoms with Crippen molar-refractivity contribution in [3.05, 3.63) is 16.6 Å². The van der Waals surface area contributed by atoms with Gasteiger partial charge in [0.1, 0.15) is 5.01 Å². The highest BCUT2D eigenvalue weighted by Crippen LogP contribution is 2.33. The van der Waals surface area contributed by atoms with Crippen LogP contribution < -0.4 is 0 Å². The van der Waals surface area contributed by atoms with Crippen molar-refractivity contribution in [1.29, 1.82) is 0 Å². The van der Waals surface area contributed by atoms with E-state index in [2.05, 4.69) is 28.6 Å². The molecule has 0 spiro atoms. The number of piperidine rings is 2. The number of amides is 1. The Morgan fingerprint density at radius 1 is 1.26 bits per heavy atom. The van der Waals surface area contributed by atoms with Crippen molar-refractivity contribution < 1.29 is 4.79 Å². The van der Waals surface area contributed by atoms with Crippen molar-refractivity contribution in [3.63, 3.8) is 0 Å². The first-order valence-electron chi connectivity index (χ1n) is 9.08. The van der Waals surface area contributed by atoms with Gasteiger partial charge in [-0.3, -0.25) is 4.79 Å². The van der Waals surface area contributed by atoms with Gasteiger partial charge in [-0.15, -0.1) is 11.3 Å². The predicted molar refractivity (Wildman–Crippen MR) is 94.5 cm³/mol. The summed E-state index contributed by atoms with van der Waals surface area (Å²) in [5.74, 6) is 0.921. The van der Waals surface area contributed by atoms with Crippen molar-refractivity contribution in [1.82, 2.24) is 14.8 Å². The minimum atomic E-state index is 0.229. The van der Waals surface area contributed by atoms with E-state index in [0.717, 1.165) is 43.9 Å². The Kier molecular flexibility index (Phi) is 5.70. The van der Waals surface area contributed by atoms with Crippen molar-refractivity contribution >= 4 is 17.2 Å². The zero-order valence-corrected chi connectivity index (χ0v) is 15.2. The maximum Gasteiger partial charge on any atom is 0.223 e. The van der Waals surface area contributed by atoms with Gasteiger partial charge in [0.15, 0.2) is 0 Å². The van der Waals surface area contributed by atoms with Crippen LogP contribution in [0.15, 0.2) is 11.6 Å². The maximum atomic E-state index is 12.9. The van der Waals surface area contributed by atoms with E-state index in [0.29, 0.717) is 17.9 Å². The fourth-order valence-corrected chi connectivity index (χ4v) is 4.71. The molecule has 4 nitrogen and oxygen atoms in total. The van der Waals surface area contributed by atoms with E-state index in [1.54, 1.807) is 11.3 Å². The molecule has 2 aliphatic rings. The van der Waals surface area contributed by atoms with Crippen LogP contribution >= 0.6 is 11.3 Å². The molecule has 2 aliphatic heterocycles. The van der Waals surface area contributed by atoms with Gasteiger partial charge in [0.05, 0.1) is 6.04 Å². The second-order valence-corrected chi connectivity index (χ2v) is 8.17. The maximum absolute atomic E-state index is 12.9. The average Bonchev–Trinajstić information content (AvgIpc) is 3.09. The Morgan fingerprint density at radius 2 is 2.04 bits per heavy atom. The van der Waals surface area contributed by atoms with Crippen LogP contribution in [0.4, 0.5) is 0 Å². The molecule has 0 N–H and O–H groups in total. The van der Waals surface area contributed by atoms with Crippen molar-refractivity contribution in [2.24, 2.45) is 5.92 Å². The van der Waals surface area contributed by atoms with E-state index in [9.17, 15) is 4.79 Å². The van der Waals surface area contributed by atoms with Gasteiger partial charge in [-0.05, 0) is 65.0 Å². The first kappa shape index (κ1) is 16.9. The fraction of sp³-hybridized carbons (Fsp3) is 0.778. The van der Waals surface area contributed by atoms with Crippen LogP contribution in [0.25, 0.3) is 0 Å². The topological polar surface area (TPSA) is 36.4 Å². The number of thiazole rings is 1. The number of hydrogen-bond donors (Lipinski definition) is 0. The van der Waals surface area contributed by atoms with Crippen LogP contribution in [-0.4, -0.2) is 46.4 Å². The zero-order valence-electron chi connectivity index (χ0n) is 14.4. The van der Waals surface area contributed by atoms with Crippen LogP contribution in [0.5, 0.6) is 0 Å². The molecule has 3 rings (SSSR count). The molecule has 1 unspecified atom stereocenters. The summed E-state index contributed by atoms with van der Waals surface area (Å²) in [5, 5.41) is 3.14. The molecule has 1 amide bonds. The Bertz CT molecular complexity index is 494. The molecule has 0 aliphatic carbocycles. The second kappa shape index (κ2) is 7.75. The van der Waals surface area contributed by atoms with Crippen molar-refractivity contribution in [3.8, 4) is 0 Å². The fourth-order valence-electron chi connectivity index (χ4n) is 3.92. The van der Waals surface area contributed by atoms with Gasteiger partial charge in [0.2, 0.25) is 5.91 Å². The normalized spacial score (nSPS) is 24.3. The molecular formula is C18H29N3OS. The Balaban J connectivity index is 1.56. The summed E-state index contributed by atoms with van der Waals surface area (Å²) < 4.78 is 0. The average molecular weight is 336 g/mol. The zero-order chi connectivity index (χ0) is 16.2. The number of carbonyl (C=O) groups excluding carboxylic acids is 1. The summed E-state index contributed by atoms with van der Waals surface area (Å²) in [6, 6.07) is 0.857. The number of nitrogens with zero attached hydrogens (tertiary/aromatic N) is 3. The first-order valence-corrected chi connectivity index (χ1v) is 9.96. The van der Waals surface area contributed by atoms with E-state index >= 15 is 0 Å². The van der Waals surface area contributed by atoms with Gasteiger partial charge in [-0.25, -0.2) is 4.98 Å². The quantitative estimate of drug-likeness (QED) is 0.841. The van der Waals surface area contributed by atoms with Crippen LogP contribution in [0.2, 0.25) is 0 Å². The van der Waals surface area contributed by atoms with Crippen molar-refractivity contribution in [2.75, 3.05) is 19.6 Å². The van der Waals surface area contributed by atoms with E-state index < -0.39 is 0 Å². The van der Waals surface area contributed by atoms with E-state index in [1.165, 1.54) is 19.3 Å². The molecule has 128 valence electrons. The van der Waals surface area contributed by atoms with Crippen LogP contribution in [0.3, 0.4) is 0 Å². The summed E-state index contributed by atoms with van der Waals surface area (Å²) in [4.78, 5) is 22.0. The van der Waals surface area contributed by atoms with Gasteiger partial charge in [-0.2, -0.15) is 0 Å². The van der Waals surface area contributed by atoms with Gasteiger partial charge in [0, 0.05) is 30.6 Å². The second-order valence-electron chi connectivity index (χ2n) is 7.25. The molecule has 1 aromatic rings. The van der Waals surface area contributed by atoms with E-state index in [4.69, 9.17) is 0 Å². The number of carbonyl (C=O) groups is 1. The lowest BCUT2D eigenvalue weighted by atomic mass is 9.91. The number of likely N-dealkylation sites (tertiary alicyclic amines) is 2. The first-order chi connectivity index (χ1) is 11.1. The predicted octanol–water partition coefficient (Wildman–Crippen LogP) is 3.71. The standard InChI is InChI=1S/C18H29N3OS/c1-14(2)20-10-6-15(7-11-20)13-17(22)21-9-4-3-5-16(21)18-19-8-12-23-18/h8,12,14-16H,3-7,9-11,13H2,1-2H3. The molecule has 5 heteroatoms. The van der Waals surface area contributed by atoms with Crippen molar-refractivity contribution in [2.45, 2.75) is 64.5 Å². The third-order valence-electron chi connectivity index (χ3n) is 5.40. The van der Waals surface area contributed by atoms with Gasteiger partial charge >= 0.3 is 0 Å². The van der Waals surface area contributed by atoms with Gasteiger partial charge < -0.3 is 9.80 Å². The molecule has 0 bridgehead atoms. The molecule has 0 radical (unpaired) electrons. The number of aromatic nitrogens is 1. The van der Waals surface area contributed by atoms with E-state index in [-0.39, 0.29) is 6.04 Å². The Hall–Kier alpha value is -0.940. The smallest absolute Gasteiger partial charge is 0.223 e. The van der Waals surface area contributed by atoms with Gasteiger partial charge in [-0.1, -0.05) is 0 Å². The van der Waals surface area contributed by atoms with Crippen LogP contribution in [-0.2, 0) is 4.79 Å². The lowest BCUT2D eigenvalue weighted by Gasteiger charge is -2.38. The molecular weight excluding hydrogens is 306 g/mol. The molecule has 1 aromatic heterocycles. The summed E-state index contributed by atoms with van der Waals surface area (Å²) in [6.45, 7) is 7.72. The third-order valence-corrected chi connectivity index (χ3v) is 6.28. The lowest BCUT2D eigenvalue weighted by Crippen LogP contribution is -2.42. The summed E-state index contributed by atoms with van der Waals surface area (Å²) in [5.41, 5.74) is 0. The minimum Gasteiger partial charge on any atom is -0.333 e. The number of rotatable bonds is 4. The Morgan fingerprint density at radius 3 is 2.70 bits per heavy atom. The highest BCUT2D eigenvalue weighted by atomic mass is 32.1. The largest absolute Gasteiger partial charge is 0.333 e.